The minimum absolute atomic E-state index is 0.0478. The highest BCUT2D eigenvalue weighted by Gasteiger charge is 2.30. The van der Waals surface area contributed by atoms with Crippen LogP contribution in [0.25, 0.3) is 0 Å². The van der Waals surface area contributed by atoms with Gasteiger partial charge < -0.3 is 10.6 Å². The van der Waals surface area contributed by atoms with Crippen molar-refractivity contribution in [2.75, 3.05) is 19.6 Å². The Kier molecular flexibility index (Phi) is 5.22. The second-order valence-electron chi connectivity index (χ2n) is 5.34. The Morgan fingerprint density at radius 2 is 2.19 bits per heavy atom. The van der Waals surface area contributed by atoms with Crippen LogP contribution in [0.1, 0.15) is 35.2 Å². The Balaban J connectivity index is 1.85. The molecular formula is C15H19F3N2O. The molecule has 1 aromatic carbocycles. The first-order chi connectivity index (χ1) is 9.97. The SMILES string of the molecule is O=C(NCCC1CCCNC1)c1cccc(C(F)(F)F)c1. The Hall–Kier alpha value is -1.56. The van der Waals surface area contributed by atoms with Gasteiger partial charge >= 0.3 is 6.18 Å². The van der Waals surface area contributed by atoms with E-state index in [0.717, 1.165) is 44.5 Å². The minimum Gasteiger partial charge on any atom is -0.352 e. The van der Waals surface area contributed by atoms with Crippen molar-refractivity contribution in [3.8, 4) is 0 Å². The maximum atomic E-state index is 12.6. The van der Waals surface area contributed by atoms with E-state index in [0.29, 0.717) is 12.5 Å². The summed E-state index contributed by atoms with van der Waals surface area (Å²) in [7, 11) is 0. The number of benzene rings is 1. The van der Waals surface area contributed by atoms with Gasteiger partial charge in [-0.05, 0) is 56.5 Å². The second kappa shape index (κ2) is 6.93. The third-order valence-electron chi connectivity index (χ3n) is 3.69. The lowest BCUT2D eigenvalue weighted by Gasteiger charge is -2.22. The van der Waals surface area contributed by atoms with Crippen molar-refractivity contribution in [2.45, 2.75) is 25.4 Å². The molecule has 6 heteroatoms. The molecule has 1 aliphatic heterocycles. The van der Waals surface area contributed by atoms with Crippen LogP contribution in [0.2, 0.25) is 0 Å². The number of rotatable bonds is 4. The van der Waals surface area contributed by atoms with Crippen LogP contribution < -0.4 is 10.6 Å². The first-order valence-electron chi connectivity index (χ1n) is 7.13. The number of hydrogen-bond acceptors (Lipinski definition) is 2. The standard InChI is InChI=1S/C15H19F3N2O/c16-15(17,18)13-5-1-4-12(9-13)14(21)20-8-6-11-3-2-7-19-10-11/h1,4-5,9,11,19H,2-3,6-8,10H2,(H,20,21). The van der Waals surface area contributed by atoms with Crippen LogP contribution in [0, 0.1) is 5.92 Å². The van der Waals surface area contributed by atoms with Crippen LogP contribution >= 0.6 is 0 Å². The highest BCUT2D eigenvalue weighted by atomic mass is 19.4. The number of carbonyl (C=O) groups is 1. The average Bonchev–Trinajstić information content (AvgIpc) is 2.47. The molecule has 1 fully saturated rings. The molecule has 0 aliphatic carbocycles. The van der Waals surface area contributed by atoms with Gasteiger partial charge in [0.2, 0.25) is 0 Å². The van der Waals surface area contributed by atoms with E-state index < -0.39 is 17.6 Å². The Labute approximate surface area is 121 Å². The monoisotopic (exact) mass is 300 g/mol. The molecule has 21 heavy (non-hydrogen) atoms. The fourth-order valence-corrected chi connectivity index (χ4v) is 2.50. The summed E-state index contributed by atoms with van der Waals surface area (Å²) < 4.78 is 37.8. The molecule has 1 aromatic rings. The molecule has 1 aliphatic rings. The van der Waals surface area contributed by atoms with E-state index in [1.807, 2.05) is 0 Å². The van der Waals surface area contributed by atoms with Crippen molar-refractivity contribution >= 4 is 5.91 Å². The van der Waals surface area contributed by atoms with E-state index in [2.05, 4.69) is 10.6 Å². The van der Waals surface area contributed by atoms with E-state index in [-0.39, 0.29) is 5.56 Å². The average molecular weight is 300 g/mol. The number of alkyl halides is 3. The summed E-state index contributed by atoms with van der Waals surface area (Å²) in [5, 5.41) is 5.98. The van der Waals surface area contributed by atoms with Crippen LogP contribution in [-0.4, -0.2) is 25.5 Å². The number of nitrogens with one attached hydrogen (secondary N) is 2. The molecule has 2 N–H and O–H groups in total. The van der Waals surface area contributed by atoms with Crippen LogP contribution in [0.15, 0.2) is 24.3 Å². The highest BCUT2D eigenvalue weighted by molar-refractivity contribution is 5.94. The summed E-state index contributed by atoms with van der Waals surface area (Å²) in [6.45, 7) is 2.47. The van der Waals surface area contributed by atoms with Gasteiger partial charge in [-0.15, -0.1) is 0 Å². The van der Waals surface area contributed by atoms with Crippen molar-refractivity contribution < 1.29 is 18.0 Å². The van der Waals surface area contributed by atoms with E-state index >= 15 is 0 Å². The topological polar surface area (TPSA) is 41.1 Å². The molecule has 0 saturated carbocycles. The number of hydrogen-bond donors (Lipinski definition) is 2. The molecule has 0 spiro atoms. The first-order valence-corrected chi connectivity index (χ1v) is 7.13. The largest absolute Gasteiger partial charge is 0.416 e. The normalized spacial score (nSPS) is 19.3. The van der Waals surface area contributed by atoms with E-state index in [1.54, 1.807) is 0 Å². The van der Waals surface area contributed by atoms with Crippen molar-refractivity contribution in [3.05, 3.63) is 35.4 Å². The third-order valence-corrected chi connectivity index (χ3v) is 3.69. The predicted octanol–water partition coefficient (Wildman–Crippen LogP) is 2.82. The molecule has 3 nitrogen and oxygen atoms in total. The first kappa shape index (κ1) is 15.8. The van der Waals surface area contributed by atoms with Gasteiger partial charge in [-0.3, -0.25) is 4.79 Å². The van der Waals surface area contributed by atoms with Gasteiger partial charge in [0, 0.05) is 12.1 Å². The lowest BCUT2D eigenvalue weighted by Crippen LogP contribution is -2.33. The van der Waals surface area contributed by atoms with Gasteiger partial charge in [0.05, 0.1) is 5.56 Å². The number of halogens is 3. The zero-order valence-corrected chi connectivity index (χ0v) is 11.7. The second-order valence-corrected chi connectivity index (χ2v) is 5.34. The lowest BCUT2D eigenvalue weighted by molar-refractivity contribution is -0.137. The fourth-order valence-electron chi connectivity index (χ4n) is 2.50. The van der Waals surface area contributed by atoms with E-state index in [1.165, 1.54) is 12.1 Å². The summed E-state index contributed by atoms with van der Waals surface area (Å²) in [5.41, 5.74) is -0.752. The summed E-state index contributed by atoms with van der Waals surface area (Å²) in [5.74, 6) is 0.0745. The number of carbonyl (C=O) groups excluding carboxylic acids is 1. The molecule has 116 valence electrons. The molecule has 0 aromatic heterocycles. The fraction of sp³-hybridized carbons (Fsp3) is 0.533. The Morgan fingerprint density at radius 3 is 2.86 bits per heavy atom. The van der Waals surface area contributed by atoms with E-state index in [9.17, 15) is 18.0 Å². The third kappa shape index (κ3) is 4.74. The van der Waals surface area contributed by atoms with Crippen molar-refractivity contribution in [2.24, 2.45) is 5.92 Å². The van der Waals surface area contributed by atoms with Crippen molar-refractivity contribution in [1.29, 1.82) is 0 Å². The van der Waals surface area contributed by atoms with Crippen LogP contribution in [0.5, 0.6) is 0 Å². The minimum atomic E-state index is -4.43. The Bertz CT molecular complexity index is 482. The quantitative estimate of drug-likeness (QED) is 0.898. The zero-order chi connectivity index (χ0) is 15.3. The van der Waals surface area contributed by atoms with Crippen molar-refractivity contribution in [3.63, 3.8) is 0 Å². The van der Waals surface area contributed by atoms with E-state index in [4.69, 9.17) is 0 Å². The highest BCUT2D eigenvalue weighted by Crippen LogP contribution is 2.29. The van der Waals surface area contributed by atoms with Gasteiger partial charge in [-0.2, -0.15) is 13.2 Å². The molecule has 0 bridgehead atoms. The number of piperidine rings is 1. The zero-order valence-electron chi connectivity index (χ0n) is 11.7. The summed E-state index contributed by atoms with van der Waals surface area (Å²) >= 11 is 0. The summed E-state index contributed by atoms with van der Waals surface area (Å²) in [6, 6.07) is 4.50. The molecule has 1 saturated heterocycles. The van der Waals surface area contributed by atoms with Crippen molar-refractivity contribution in [1.82, 2.24) is 10.6 Å². The Morgan fingerprint density at radius 1 is 1.38 bits per heavy atom. The maximum absolute atomic E-state index is 12.6. The van der Waals surface area contributed by atoms with Gasteiger partial charge in [0.25, 0.3) is 5.91 Å². The van der Waals surface area contributed by atoms with Gasteiger partial charge in [-0.1, -0.05) is 6.07 Å². The summed E-state index contributed by atoms with van der Waals surface area (Å²) in [4.78, 5) is 11.9. The van der Waals surface area contributed by atoms with Crippen LogP contribution in [0.3, 0.4) is 0 Å². The van der Waals surface area contributed by atoms with Gasteiger partial charge in [0.15, 0.2) is 0 Å². The smallest absolute Gasteiger partial charge is 0.352 e. The molecule has 1 unspecified atom stereocenters. The van der Waals surface area contributed by atoms with Crippen LogP contribution in [-0.2, 0) is 6.18 Å². The number of amides is 1. The van der Waals surface area contributed by atoms with Crippen LogP contribution in [0.4, 0.5) is 13.2 Å². The summed E-state index contributed by atoms with van der Waals surface area (Å²) in [6.07, 6.45) is -1.32. The maximum Gasteiger partial charge on any atom is 0.416 e. The molecular weight excluding hydrogens is 281 g/mol. The molecule has 2 rings (SSSR count). The molecule has 0 radical (unpaired) electrons. The van der Waals surface area contributed by atoms with Gasteiger partial charge in [0.1, 0.15) is 0 Å². The predicted molar refractivity (Wildman–Crippen MR) is 74.0 cm³/mol. The molecule has 1 heterocycles. The lowest BCUT2D eigenvalue weighted by atomic mass is 9.96. The molecule has 1 atom stereocenters. The van der Waals surface area contributed by atoms with Gasteiger partial charge in [-0.25, -0.2) is 0 Å². The molecule has 1 amide bonds.